The van der Waals surface area contributed by atoms with E-state index in [0.717, 1.165) is 26.8 Å². The van der Waals surface area contributed by atoms with Crippen LogP contribution < -0.4 is 5.43 Å². The van der Waals surface area contributed by atoms with Crippen LogP contribution >= 0.6 is 39.9 Å². The van der Waals surface area contributed by atoms with Gasteiger partial charge in [0.15, 0.2) is 4.32 Å². The summed E-state index contributed by atoms with van der Waals surface area (Å²) in [5.41, 5.74) is 3.29. The van der Waals surface area contributed by atoms with Gasteiger partial charge in [-0.15, -0.1) is 0 Å². The monoisotopic (exact) mass is 463 g/mol. The Hall–Kier alpha value is -2.56. The van der Waals surface area contributed by atoms with E-state index >= 15 is 0 Å². The van der Waals surface area contributed by atoms with Crippen molar-refractivity contribution in [2.24, 2.45) is 0 Å². The number of nitrogens with one attached hydrogen (secondary N) is 1. The van der Waals surface area contributed by atoms with Gasteiger partial charge in [0.1, 0.15) is 0 Å². The minimum absolute atomic E-state index is 0.130. The fraction of sp³-hybridized carbons (Fsp3) is 0. The van der Waals surface area contributed by atoms with Crippen molar-refractivity contribution < 1.29 is 14.5 Å². The molecule has 7 nitrogen and oxygen atoms in total. The van der Waals surface area contributed by atoms with E-state index in [4.69, 9.17) is 12.2 Å². The second-order valence-electron chi connectivity index (χ2n) is 5.32. The molecule has 0 atom stereocenters. The number of hydrogen-bond acceptors (Lipinski definition) is 6. The van der Waals surface area contributed by atoms with E-state index < -0.39 is 16.7 Å². The summed E-state index contributed by atoms with van der Waals surface area (Å²) in [6.07, 6.45) is 1.68. The summed E-state index contributed by atoms with van der Waals surface area (Å²) < 4.78 is 1.06. The molecular formula is C17H10BrN3O4S2. The van der Waals surface area contributed by atoms with Crippen LogP contribution in [0.4, 0.5) is 5.69 Å². The van der Waals surface area contributed by atoms with E-state index in [1.165, 1.54) is 24.3 Å². The van der Waals surface area contributed by atoms with Crippen molar-refractivity contribution in [3.8, 4) is 0 Å². The van der Waals surface area contributed by atoms with Gasteiger partial charge < -0.3 is 0 Å². The first-order valence-corrected chi connectivity index (χ1v) is 9.46. The maximum Gasteiger partial charge on any atom is 0.285 e. The van der Waals surface area contributed by atoms with Crippen LogP contribution in [0.1, 0.15) is 15.9 Å². The van der Waals surface area contributed by atoms with Gasteiger partial charge in [0.2, 0.25) is 0 Å². The molecule has 0 aliphatic carbocycles. The highest BCUT2D eigenvalue weighted by Gasteiger charge is 2.33. The zero-order chi connectivity index (χ0) is 19.6. The fourth-order valence-electron chi connectivity index (χ4n) is 2.21. The second kappa shape index (κ2) is 7.99. The zero-order valence-electron chi connectivity index (χ0n) is 13.4. The zero-order valence-corrected chi connectivity index (χ0v) is 16.6. The number of nitrogens with zero attached hydrogens (tertiary/aromatic N) is 2. The van der Waals surface area contributed by atoms with Gasteiger partial charge in [0.25, 0.3) is 17.5 Å². The number of nitro benzene ring substituents is 1. The quantitative estimate of drug-likeness (QED) is 0.319. The summed E-state index contributed by atoms with van der Waals surface area (Å²) in [5, 5.41) is 11.7. The van der Waals surface area contributed by atoms with Crippen LogP contribution in [0.3, 0.4) is 0 Å². The number of benzene rings is 2. The van der Waals surface area contributed by atoms with Gasteiger partial charge in [0, 0.05) is 22.2 Å². The third-order valence-electron chi connectivity index (χ3n) is 3.49. The number of amides is 2. The summed E-state index contributed by atoms with van der Waals surface area (Å²) in [7, 11) is 0. The van der Waals surface area contributed by atoms with Gasteiger partial charge in [-0.05, 0) is 48.1 Å². The van der Waals surface area contributed by atoms with Crippen LogP contribution in [-0.4, -0.2) is 26.1 Å². The minimum Gasteiger partial charge on any atom is -0.267 e. The Kier molecular flexibility index (Phi) is 5.68. The lowest BCUT2D eigenvalue weighted by atomic mass is 10.2. The largest absolute Gasteiger partial charge is 0.285 e. The summed E-state index contributed by atoms with van der Waals surface area (Å²) in [4.78, 5) is 35.4. The number of hydrazine groups is 1. The lowest BCUT2D eigenvalue weighted by molar-refractivity contribution is -0.384. The van der Waals surface area contributed by atoms with E-state index in [2.05, 4.69) is 21.4 Å². The Morgan fingerprint density at radius 1 is 1.26 bits per heavy atom. The van der Waals surface area contributed by atoms with Crippen molar-refractivity contribution in [1.82, 2.24) is 10.4 Å². The maximum atomic E-state index is 12.5. The standard InChI is InChI=1S/C17H10BrN3O4S2/c18-12-3-1-2-10(8-12)9-14-16(23)20(17(26)27-14)19-15(22)11-4-6-13(7-5-11)21(24)25/h1-9H,(H,19,22)/b14-9+. The topological polar surface area (TPSA) is 92.6 Å². The number of thiocarbonyl (C=S) groups is 1. The van der Waals surface area contributed by atoms with Gasteiger partial charge in [-0.1, -0.05) is 39.8 Å². The van der Waals surface area contributed by atoms with Crippen molar-refractivity contribution in [3.05, 3.63) is 79.2 Å². The molecule has 0 saturated carbocycles. The normalized spacial score (nSPS) is 15.3. The molecule has 2 amide bonds. The Balaban J connectivity index is 1.75. The third-order valence-corrected chi connectivity index (χ3v) is 5.29. The number of carbonyl (C=O) groups is 2. The van der Waals surface area contributed by atoms with E-state index in [9.17, 15) is 19.7 Å². The van der Waals surface area contributed by atoms with Gasteiger partial charge in [-0.25, -0.2) is 0 Å². The molecule has 1 heterocycles. The van der Waals surface area contributed by atoms with E-state index in [1.807, 2.05) is 24.3 Å². The van der Waals surface area contributed by atoms with Crippen LogP contribution in [0, 0.1) is 10.1 Å². The van der Waals surface area contributed by atoms with Crippen molar-refractivity contribution in [1.29, 1.82) is 0 Å². The van der Waals surface area contributed by atoms with Crippen LogP contribution in [0.2, 0.25) is 0 Å². The van der Waals surface area contributed by atoms with Crippen LogP contribution in [0.15, 0.2) is 57.9 Å². The Morgan fingerprint density at radius 2 is 1.96 bits per heavy atom. The molecule has 10 heteroatoms. The maximum absolute atomic E-state index is 12.5. The molecule has 3 rings (SSSR count). The number of non-ortho nitro benzene ring substituents is 1. The summed E-state index contributed by atoms with van der Waals surface area (Å²) >= 11 is 9.62. The number of carbonyl (C=O) groups excluding carboxylic acids is 2. The molecule has 1 fully saturated rings. The highest BCUT2D eigenvalue weighted by molar-refractivity contribution is 9.10. The molecule has 1 N–H and O–H groups in total. The molecule has 136 valence electrons. The van der Waals surface area contributed by atoms with Crippen molar-refractivity contribution in [2.45, 2.75) is 0 Å². The summed E-state index contributed by atoms with van der Waals surface area (Å²) in [5.74, 6) is -1.04. The summed E-state index contributed by atoms with van der Waals surface area (Å²) in [6, 6.07) is 12.4. The van der Waals surface area contributed by atoms with Crippen LogP contribution in [0.5, 0.6) is 0 Å². The average Bonchev–Trinajstić information content (AvgIpc) is 2.89. The first-order valence-electron chi connectivity index (χ1n) is 7.44. The predicted molar refractivity (Wildman–Crippen MR) is 110 cm³/mol. The number of thioether (sulfide) groups is 1. The van der Waals surface area contributed by atoms with Crippen LogP contribution in [0.25, 0.3) is 6.08 Å². The van der Waals surface area contributed by atoms with Crippen molar-refractivity contribution >= 4 is 67.8 Å². The second-order valence-corrected chi connectivity index (χ2v) is 7.91. The third kappa shape index (κ3) is 4.41. The Morgan fingerprint density at radius 3 is 2.59 bits per heavy atom. The first kappa shape index (κ1) is 19.2. The van der Waals surface area contributed by atoms with E-state index in [0.29, 0.717) is 4.91 Å². The van der Waals surface area contributed by atoms with Crippen molar-refractivity contribution in [3.63, 3.8) is 0 Å². The summed E-state index contributed by atoms with van der Waals surface area (Å²) in [6.45, 7) is 0. The van der Waals surface area contributed by atoms with Gasteiger partial charge in [-0.2, -0.15) is 5.01 Å². The number of halogens is 1. The Bertz CT molecular complexity index is 992. The first-order chi connectivity index (χ1) is 12.8. The molecule has 1 aliphatic heterocycles. The molecule has 0 spiro atoms. The average molecular weight is 464 g/mol. The highest BCUT2D eigenvalue weighted by Crippen LogP contribution is 2.31. The molecule has 2 aromatic rings. The molecule has 1 aliphatic rings. The number of nitro groups is 1. The molecular weight excluding hydrogens is 454 g/mol. The Labute approximate surface area is 171 Å². The van der Waals surface area contributed by atoms with Gasteiger partial charge >= 0.3 is 0 Å². The smallest absolute Gasteiger partial charge is 0.267 e. The lowest BCUT2D eigenvalue weighted by Gasteiger charge is -2.15. The van der Waals surface area contributed by atoms with E-state index in [1.54, 1.807) is 6.08 Å². The molecule has 0 unspecified atom stereocenters. The molecule has 1 saturated heterocycles. The molecule has 2 aromatic carbocycles. The molecule has 0 bridgehead atoms. The van der Waals surface area contributed by atoms with Gasteiger partial charge in [0.05, 0.1) is 9.83 Å². The van der Waals surface area contributed by atoms with Crippen LogP contribution in [-0.2, 0) is 4.79 Å². The number of hydrogen-bond donors (Lipinski definition) is 1. The predicted octanol–water partition coefficient (Wildman–Crippen LogP) is 3.90. The fourth-order valence-corrected chi connectivity index (χ4v) is 3.81. The molecule has 0 aromatic heterocycles. The SMILES string of the molecule is O=C(NN1C(=O)/C(=C\c2cccc(Br)c2)SC1=S)c1ccc([N+](=O)[O-])cc1. The van der Waals surface area contributed by atoms with Crippen molar-refractivity contribution in [2.75, 3.05) is 0 Å². The minimum atomic E-state index is -0.593. The van der Waals surface area contributed by atoms with Gasteiger partial charge in [-0.3, -0.25) is 25.1 Å². The lowest BCUT2D eigenvalue weighted by Crippen LogP contribution is -2.44. The van der Waals surface area contributed by atoms with E-state index in [-0.39, 0.29) is 15.6 Å². The number of rotatable bonds is 4. The highest BCUT2D eigenvalue weighted by atomic mass is 79.9. The molecule has 27 heavy (non-hydrogen) atoms. The molecule has 0 radical (unpaired) electrons.